The predicted octanol–water partition coefficient (Wildman–Crippen LogP) is -0.125. The molecule has 0 aromatic carbocycles. The zero-order valence-corrected chi connectivity index (χ0v) is 12.8. The number of methoxy groups -OCH3 is 2. The van der Waals surface area contributed by atoms with Crippen molar-refractivity contribution in [2.75, 3.05) is 53.7 Å². The van der Waals surface area contributed by atoms with E-state index >= 15 is 0 Å². The quantitative estimate of drug-likeness (QED) is 0.705. The molecule has 1 aliphatic rings. The summed E-state index contributed by atoms with van der Waals surface area (Å²) in [5.41, 5.74) is 0. The van der Waals surface area contributed by atoms with Crippen LogP contribution in [0.2, 0.25) is 0 Å². The van der Waals surface area contributed by atoms with Gasteiger partial charge in [0.05, 0.1) is 32.5 Å². The summed E-state index contributed by atoms with van der Waals surface area (Å²) in [7, 11) is 3.11. The first-order valence-corrected chi connectivity index (χ1v) is 6.88. The molecule has 2 amide bonds. The Morgan fingerprint density at radius 3 is 2.71 bits per heavy atom. The van der Waals surface area contributed by atoms with E-state index in [1.54, 1.807) is 19.1 Å². The first-order chi connectivity index (χ1) is 10.0. The standard InChI is InChI=1S/C13H24N2O6/c1-10(8-20-3)14(4-6-19-2)13(18)15-5-7-21-9-11(15)12(16)17/h10-11H,4-9H2,1-3H3,(H,16,17). The number of carbonyl (C=O) groups is 2. The molecule has 1 rings (SSSR count). The second-order valence-electron chi connectivity index (χ2n) is 4.90. The van der Waals surface area contributed by atoms with E-state index in [0.717, 1.165) is 0 Å². The Morgan fingerprint density at radius 1 is 1.43 bits per heavy atom. The molecule has 1 saturated heterocycles. The Kier molecular flexibility index (Phi) is 7.41. The highest BCUT2D eigenvalue weighted by Gasteiger charge is 2.36. The van der Waals surface area contributed by atoms with Crippen LogP contribution in [0.4, 0.5) is 4.79 Å². The molecular weight excluding hydrogens is 280 g/mol. The Labute approximate surface area is 124 Å². The lowest BCUT2D eigenvalue weighted by molar-refractivity contribution is -0.147. The molecule has 1 aliphatic heterocycles. The minimum absolute atomic E-state index is 0.0118. The zero-order valence-electron chi connectivity index (χ0n) is 12.8. The van der Waals surface area contributed by atoms with Crippen molar-refractivity contribution in [2.24, 2.45) is 0 Å². The van der Waals surface area contributed by atoms with Gasteiger partial charge in [-0.2, -0.15) is 0 Å². The molecule has 2 unspecified atom stereocenters. The monoisotopic (exact) mass is 304 g/mol. The average Bonchev–Trinajstić information content (AvgIpc) is 2.47. The van der Waals surface area contributed by atoms with Crippen molar-refractivity contribution in [3.05, 3.63) is 0 Å². The number of hydrogen-bond acceptors (Lipinski definition) is 5. The van der Waals surface area contributed by atoms with Gasteiger partial charge in [0.25, 0.3) is 0 Å². The smallest absolute Gasteiger partial charge is 0.328 e. The van der Waals surface area contributed by atoms with Crippen LogP contribution < -0.4 is 0 Å². The number of ether oxygens (including phenoxy) is 3. The van der Waals surface area contributed by atoms with Gasteiger partial charge in [-0.25, -0.2) is 9.59 Å². The first kappa shape index (κ1) is 17.7. The van der Waals surface area contributed by atoms with Crippen LogP contribution in [0, 0.1) is 0 Å². The summed E-state index contributed by atoms with van der Waals surface area (Å²) in [4.78, 5) is 26.8. The minimum atomic E-state index is -1.06. The summed E-state index contributed by atoms with van der Waals surface area (Å²) < 4.78 is 15.3. The highest BCUT2D eigenvalue weighted by atomic mass is 16.5. The van der Waals surface area contributed by atoms with E-state index in [2.05, 4.69) is 0 Å². The van der Waals surface area contributed by atoms with Crippen LogP contribution in [0.3, 0.4) is 0 Å². The number of carboxylic acids is 1. The average molecular weight is 304 g/mol. The highest BCUT2D eigenvalue weighted by molar-refractivity contribution is 5.83. The third-order valence-electron chi connectivity index (χ3n) is 3.38. The second-order valence-corrected chi connectivity index (χ2v) is 4.90. The molecule has 2 atom stereocenters. The highest BCUT2D eigenvalue weighted by Crippen LogP contribution is 2.13. The molecule has 0 bridgehead atoms. The molecule has 8 nitrogen and oxygen atoms in total. The molecule has 0 aromatic heterocycles. The maximum atomic E-state index is 12.7. The number of hydrogen-bond donors (Lipinski definition) is 1. The fraction of sp³-hybridized carbons (Fsp3) is 0.846. The number of nitrogens with zero attached hydrogens (tertiary/aromatic N) is 2. The van der Waals surface area contributed by atoms with E-state index < -0.39 is 12.0 Å². The zero-order chi connectivity index (χ0) is 15.8. The van der Waals surface area contributed by atoms with Gasteiger partial charge in [-0.15, -0.1) is 0 Å². The van der Waals surface area contributed by atoms with Crippen molar-refractivity contribution in [3.8, 4) is 0 Å². The Hall–Kier alpha value is -1.38. The van der Waals surface area contributed by atoms with Crippen molar-refractivity contribution in [1.29, 1.82) is 0 Å². The van der Waals surface area contributed by atoms with Crippen LogP contribution in [-0.2, 0) is 19.0 Å². The number of aliphatic carboxylic acids is 1. The van der Waals surface area contributed by atoms with E-state index in [9.17, 15) is 14.7 Å². The van der Waals surface area contributed by atoms with Gasteiger partial charge in [-0.1, -0.05) is 0 Å². The largest absolute Gasteiger partial charge is 0.480 e. The maximum Gasteiger partial charge on any atom is 0.328 e. The van der Waals surface area contributed by atoms with E-state index in [1.807, 2.05) is 6.92 Å². The summed E-state index contributed by atoms with van der Waals surface area (Å²) in [6, 6.07) is -1.45. The summed E-state index contributed by atoms with van der Waals surface area (Å²) in [6.45, 7) is 3.60. The maximum absolute atomic E-state index is 12.7. The molecule has 1 N–H and O–H groups in total. The molecular formula is C13H24N2O6. The van der Waals surface area contributed by atoms with Gasteiger partial charge in [0.1, 0.15) is 0 Å². The van der Waals surface area contributed by atoms with Crippen molar-refractivity contribution < 1.29 is 28.9 Å². The van der Waals surface area contributed by atoms with Gasteiger partial charge in [-0.05, 0) is 6.92 Å². The number of carbonyl (C=O) groups excluding carboxylic acids is 1. The molecule has 0 aromatic rings. The van der Waals surface area contributed by atoms with Crippen LogP contribution in [0.25, 0.3) is 0 Å². The molecule has 122 valence electrons. The van der Waals surface area contributed by atoms with Crippen LogP contribution in [-0.4, -0.2) is 92.7 Å². The van der Waals surface area contributed by atoms with Gasteiger partial charge in [0.15, 0.2) is 6.04 Å². The summed E-state index contributed by atoms with van der Waals surface area (Å²) in [6.07, 6.45) is 0. The lowest BCUT2D eigenvalue weighted by atomic mass is 10.2. The minimum Gasteiger partial charge on any atom is -0.480 e. The SMILES string of the molecule is COCCN(C(=O)N1CCOCC1C(=O)O)C(C)COC. The predicted molar refractivity (Wildman–Crippen MR) is 74.3 cm³/mol. The van der Waals surface area contributed by atoms with Crippen molar-refractivity contribution in [2.45, 2.75) is 19.0 Å². The molecule has 0 aliphatic carbocycles. The molecule has 1 heterocycles. The Bertz CT molecular complexity index is 352. The number of rotatable bonds is 7. The van der Waals surface area contributed by atoms with E-state index in [0.29, 0.717) is 26.4 Å². The fourth-order valence-corrected chi connectivity index (χ4v) is 2.23. The van der Waals surface area contributed by atoms with Crippen molar-refractivity contribution >= 4 is 12.0 Å². The van der Waals surface area contributed by atoms with Crippen molar-refractivity contribution in [1.82, 2.24) is 9.80 Å². The van der Waals surface area contributed by atoms with Crippen LogP contribution in [0.15, 0.2) is 0 Å². The summed E-state index contributed by atoms with van der Waals surface area (Å²) in [5, 5.41) is 9.22. The first-order valence-electron chi connectivity index (χ1n) is 6.88. The Balaban J connectivity index is 2.83. The van der Waals surface area contributed by atoms with E-state index in [1.165, 1.54) is 4.90 Å². The van der Waals surface area contributed by atoms with Crippen LogP contribution >= 0.6 is 0 Å². The van der Waals surface area contributed by atoms with E-state index in [-0.39, 0.29) is 25.2 Å². The fourth-order valence-electron chi connectivity index (χ4n) is 2.23. The summed E-state index contributed by atoms with van der Waals surface area (Å²) >= 11 is 0. The molecule has 0 radical (unpaired) electrons. The van der Waals surface area contributed by atoms with Gasteiger partial charge in [0, 0.05) is 27.3 Å². The summed E-state index contributed by atoms with van der Waals surface area (Å²) in [5.74, 6) is -1.06. The molecule has 0 saturated carbocycles. The van der Waals surface area contributed by atoms with Gasteiger partial charge < -0.3 is 29.1 Å². The molecule has 8 heteroatoms. The molecule has 21 heavy (non-hydrogen) atoms. The second kappa shape index (κ2) is 8.81. The normalized spacial score (nSPS) is 20.1. The number of amides is 2. The van der Waals surface area contributed by atoms with Gasteiger partial charge >= 0.3 is 12.0 Å². The Morgan fingerprint density at radius 2 is 2.14 bits per heavy atom. The molecule has 0 spiro atoms. The lowest BCUT2D eigenvalue weighted by Crippen LogP contribution is -2.58. The third-order valence-corrected chi connectivity index (χ3v) is 3.38. The van der Waals surface area contributed by atoms with Crippen LogP contribution in [0.1, 0.15) is 6.92 Å². The number of urea groups is 1. The van der Waals surface area contributed by atoms with Gasteiger partial charge in [-0.3, -0.25) is 0 Å². The third kappa shape index (κ3) is 4.83. The van der Waals surface area contributed by atoms with Crippen molar-refractivity contribution in [3.63, 3.8) is 0 Å². The molecule has 1 fully saturated rings. The number of morpholine rings is 1. The lowest BCUT2D eigenvalue weighted by Gasteiger charge is -2.38. The van der Waals surface area contributed by atoms with E-state index in [4.69, 9.17) is 14.2 Å². The topological polar surface area (TPSA) is 88.5 Å². The van der Waals surface area contributed by atoms with Crippen LogP contribution in [0.5, 0.6) is 0 Å². The number of carboxylic acid groups (broad SMARTS) is 1. The van der Waals surface area contributed by atoms with Gasteiger partial charge in [0.2, 0.25) is 0 Å².